The van der Waals surface area contributed by atoms with E-state index in [1.807, 2.05) is 61.5 Å². The van der Waals surface area contributed by atoms with Crippen molar-refractivity contribution in [2.24, 2.45) is 10.8 Å². The second kappa shape index (κ2) is 7.33. The predicted octanol–water partition coefficient (Wildman–Crippen LogP) is 2.81. The Labute approximate surface area is 134 Å². The van der Waals surface area contributed by atoms with E-state index in [9.17, 15) is 4.79 Å². The van der Waals surface area contributed by atoms with E-state index in [0.717, 1.165) is 16.8 Å². The third kappa shape index (κ3) is 4.39. The van der Waals surface area contributed by atoms with Gasteiger partial charge in [-0.15, -0.1) is 0 Å². The van der Waals surface area contributed by atoms with Crippen molar-refractivity contribution < 1.29 is 4.79 Å². The van der Waals surface area contributed by atoms with Crippen molar-refractivity contribution in [1.29, 1.82) is 0 Å². The van der Waals surface area contributed by atoms with Gasteiger partial charge in [-0.3, -0.25) is 0 Å². The maximum Gasteiger partial charge on any atom is 0.332 e. The van der Waals surface area contributed by atoms with E-state index in [4.69, 9.17) is 18.0 Å². The molecule has 2 aromatic rings. The minimum absolute atomic E-state index is 0.392. The average molecular weight is 312 g/mol. The molecular formula is C16H16N4OS. The van der Waals surface area contributed by atoms with Gasteiger partial charge in [-0.1, -0.05) is 60.2 Å². The first-order chi connectivity index (χ1) is 10.6. The Bertz CT molecular complexity index is 696. The van der Waals surface area contributed by atoms with Gasteiger partial charge in [0.1, 0.15) is 10.7 Å². The van der Waals surface area contributed by atoms with Crippen LogP contribution < -0.4 is 16.5 Å². The highest BCUT2D eigenvalue weighted by atomic mass is 32.1. The number of hydrazone groups is 1. The molecule has 2 aromatic carbocycles. The number of nitrogens with one attached hydrogen (secondary N) is 2. The SMILES string of the molecule is Cc1ccc(NC(=S)/C(=N\NC(N)=O)c2ccccc2)cc1. The van der Waals surface area contributed by atoms with Gasteiger partial charge >= 0.3 is 6.03 Å². The number of carbonyl (C=O) groups is 1. The number of hydrogen-bond donors (Lipinski definition) is 3. The normalized spacial score (nSPS) is 10.9. The number of hydrogen-bond acceptors (Lipinski definition) is 3. The van der Waals surface area contributed by atoms with Crippen LogP contribution in [0, 0.1) is 6.92 Å². The monoisotopic (exact) mass is 312 g/mol. The highest BCUT2D eigenvalue weighted by Crippen LogP contribution is 2.11. The lowest BCUT2D eigenvalue weighted by atomic mass is 10.1. The van der Waals surface area contributed by atoms with Gasteiger partial charge < -0.3 is 11.1 Å². The molecular weight excluding hydrogens is 296 g/mol. The largest absolute Gasteiger partial charge is 0.350 e. The zero-order chi connectivity index (χ0) is 15.9. The van der Waals surface area contributed by atoms with Gasteiger partial charge in [0, 0.05) is 11.3 Å². The molecule has 0 aliphatic carbocycles. The topological polar surface area (TPSA) is 79.5 Å². The maximum absolute atomic E-state index is 10.9. The molecule has 0 bridgehead atoms. The minimum Gasteiger partial charge on any atom is -0.350 e. The van der Waals surface area contributed by atoms with E-state index in [1.165, 1.54) is 0 Å². The summed E-state index contributed by atoms with van der Waals surface area (Å²) in [6.07, 6.45) is 0. The molecule has 0 heterocycles. The van der Waals surface area contributed by atoms with Crippen LogP contribution in [0.2, 0.25) is 0 Å². The molecule has 112 valence electrons. The minimum atomic E-state index is -0.744. The molecule has 2 amide bonds. The molecule has 2 rings (SSSR count). The van der Waals surface area contributed by atoms with E-state index >= 15 is 0 Å². The Kier molecular flexibility index (Phi) is 5.21. The summed E-state index contributed by atoms with van der Waals surface area (Å²) in [4.78, 5) is 11.3. The van der Waals surface area contributed by atoms with Crippen LogP contribution in [-0.4, -0.2) is 16.7 Å². The number of benzene rings is 2. The van der Waals surface area contributed by atoms with Gasteiger partial charge in [0.05, 0.1) is 0 Å². The van der Waals surface area contributed by atoms with Crippen LogP contribution in [0.4, 0.5) is 10.5 Å². The van der Waals surface area contributed by atoms with Crippen molar-refractivity contribution in [1.82, 2.24) is 5.43 Å². The number of aryl methyl sites for hydroxylation is 1. The number of nitrogens with zero attached hydrogens (tertiary/aromatic N) is 1. The summed E-state index contributed by atoms with van der Waals surface area (Å²) < 4.78 is 0. The molecule has 0 aliphatic heterocycles. The Hall–Kier alpha value is -2.73. The van der Waals surface area contributed by atoms with Crippen molar-refractivity contribution in [2.45, 2.75) is 6.92 Å². The molecule has 0 radical (unpaired) electrons. The third-order valence-electron chi connectivity index (χ3n) is 2.85. The summed E-state index contributed by atoms with van der Waals surface area (Å²) >= 11 is 5.39. The van der Waals surface area contributed by atoms with Crippen LogP contribution in [0.3, 0.4) is 0 Å². The smallest absolute Gasteiger partial charge is 0.332 e. The van der Waals surface area contributed by atoms with Crippen LogP contribution in [0.15, 0.2) is 59.7 Å². The lowest BCUT2D eigenvalue weighted by Gasteiger charge is -2.11. The number of amides is 2. The highest BCUT2D eigenvalue weighted by molar-refractivity contribution is 7.82. The first-order valence-corrected chi connectivity index (χ1v) is 7.03. The number of anilines is 1. The van der Waals surface area contributed by atoms with Crippen molar-refractivity contribution >= 4 is 34.6 Å². The molecule has 0 saturated carbocycles. The van der Waals surface area contributed by atoms with Crippen LogP contribution >= 0.6 is 12.2 Å². The van der Waals surface area contributed by atoms with E-state index in [0.29, 0.717) is 10.7 Å². The zero-order valence-corrected chi connectivity index (χ0v) is 12.9. The second-order valence-electron chi connectivity index (χ2n) is 4.62. The summed E-state index contributed by atoms with van der Waals surface area (Å²) in [6, 6.07) is 16.4. The van der Waals surface area contributed by atoms with Crippen LogP contribution in [-0.2, 0) is 0 Å². The molecule has 0 aliphatic rings. The molecule has 0 atom stereocenters. The second-order valence-corrected chi connectivity index (χ2v) is 5.03. The Morgan fingerprint density at radius 3 is 2.32 bits per heavy atom. The lowest BCUT2D eigenvalue weighted by Crippen LogP contribution is -2.30. The lowest BCUT2D eigenvalue weighted by molar-refractivity contribution is 0.249. The quantitative estimate of drug-likeness (QED) is 0.461. The summed E-state index contributed by atoms with van der Waals surface area (Å²) in [5.74, 6) is 0. The molecule has 0 saturated heterocycles. The molecule has 4 N–H and O–H groups in total. The van der Waals surface area contributed by atoms with Gasteiger partial charge in [0.2, 0.25) is 0 Å². The number of thiocarbonyl (C=S) groups is 1. The first-order valence-electron chi connectivity index (χ1n) is 6.63. The van der Waals surface area contributed by atoms with E-state index in [1.54, 1.807) is 0 Å². The van der Waals surface area contributed by atoms with Gasteiger partial charge in [-0.25, -0.2) is 10.2 Å². The molecule has 6 heteroatoms. The van der Waals surface area contributed by atoms with E-state index in [2.05, 4.69) is 15.8 Å². The molecule has 0 aromatic heterocycles. The number of primary amides is 1. The zero-order valence-electron chi connectivity index (χ0n) is 12.0. The maximum atomic E-state index is 10.9. The van der Waals surface area contributed by atoms with Crippen molar-refractivity contribution in [3.05, 3.63) is 65.7 Å². The van der Waals surface area contributed by atoms with E-state index < -0.39 is 6.03 Å². The summed E-state index contributed by atoms with van der Waals surface area (Å²) in [7, 11) is 0. The average Bonchev–Trinajstić information content (AvgIpc) is 2.50. The van der Waals surface area contributed by atoms with Gasteiger partial charge in [0.25, 0.3) is 0 Å². The van der Waals surface area contributed by atoms with Crippen LogP contribution in [0.25, 0.3) is 0 Å². The van der Waals surface area contributed by atoms with Crippen molar-refractivity contribution in [2.75, 3.05) is 5.32 Å². The van der Waals surface area contributed by atoms with Crippen molar-refractivity contribution in [3.63, 3.8) is 0 Å². The number of nitrogens with two attached hydrogens (primary N) is 1. The summed E-state index contributed by atoms with van der Waals surface area (Å²) in [5.41, 5.74) is 10.5. The highest BCUT2D eigenvalue weighted by Gasteiger charge is 2.11. The summed E-state index contributed by atoms with van der Waals surface area (Å²) in [6.45, 7) is 2.01. The number of rotatable bonds is 4. The van der Waals surface area contributed by atoms with Gasteiger partial charge in [0.15, 0.2) is 0 Å². The van der Waals surface area contributed by atoms with Crippen molar-refractivity contribution in [3.8, 4) is 0 Å². The molecule has 5 nitrogen and oxygen atoms in total. The van der Waals surface area contributed by atoms with Crippen LogP contribution in [0.1, 0.15) is 11.1 Å². The Morgan fingerprint density at radius 2 is 1.73 bits per heavy atom. The fraction of sp³-hybridized carbons (Fsp3) is 0.0625. The van der Waals surface area contributed by atoms with E-state index in [-0.39, 0.29) is 0 Å². The fourth-order valence-electron chi connectivity index (χ4n) is 1.78. The summed E-state index contributed by atoms with van der Waals surface area (Å²) in [5, 5.41) is 7.10. The van der Waals surface area contributed by atoms with Gasteiger partial charge in [-0.2, -0.15) is 5.10 Å². The standard InChI is InChI=1S/C16H16N4OS/c1-11-7-9-13(10-8-11)18-15(22)14(19-20-16(17)21)12-5-3-2-4-6-12/h2-10H,1H3,(H,18,22)(H3,17,20,21)/b19-14-. The predicted molar refractivity (Wildman–Crippen MR) is 93.1 cm³/mol. The van der Waals surface area contributed by atoms with Crippen LogP contribution in [0.5, 0.6) is 0 Å². The Morgan fingerprint density at radius 1 is 1.09 bits per heavy atom. The molecule has 0 unspecified atom stereocenters. The first kappa shape index (κ1) is 15.7. The molecule has 0 spiro atoms. The number of carbonyl (C=O) groups excluding carboxylic acids is 1. The molecule has 22 heavy (non-hydrogen) atoms. The molecule has 0 fully saturated rings. The number of urea groups is 1. The third-order valence-corrected chi connectivity index (χ3v) is 3.15. The fourth-order valence-corrected chi connectivity index (χ4v) is 2.06. The Balaban J connectivity index is 2.24. The van der Waals surface area contributed by atoms with Gasteiger partial charge in [-0.05, 0) is 19.1 Å².